The van der Waals surface area contributed by atoms with Crippen LogP contribution in [0.3, 0.4) is 0 Å². The van der Waals surface area contributed by atoms with Gasteiger partial charge in [0.15, 0.2) is 10.9 Å². The van der Waals surface area contributed by atoms with Crippen molar-refractivity contribution in [1.82, 2.24) is 10.2 Å². The van der Waals surface area contributed by atoms with Crippen molar-refractivity contribution >= 4 is 40.0 Å². The quantitative estimate of drug-likeness (QED) is 0.385. The number of carbonyl (C=O) groups excluding carboxylic acids is 2. The van der Waals surface area contributed by atoms with E-state index in [0.717, 1.165) is 20.6 Å². The predicted molar refractivity (Wildman–Crippen MR) is 112 cm³/mol. The molecule has 3 rings (SSSR count). The lowest BCUT2D eigenvalue weighted by molar-refractivity contribution is -0.139. The molecule has 1 aromatic heterocycles. The van der Waals surface area contributed by atoms with Crippen molar-refractivity contribution in [2.75, 3.05) is 17.7 Å². The van der Waals surface area contributed by atoms with E-state index in [-0.39, 0.29) is 18.1 Å². The first-order valence-corrected chi connectivity index (χ1v) is 11.3. The van der Waals surface area contributed by atoms with E-state index in [9.17, 15) is 9.59 Å². The number of benzene rings is 1. The number of hydrogen-bond acceptors (Lipinski definition) is 8. The molecule has 150 valence electrons. The van der Waals surface area contributed by atoms with Crippen molar-refractivity contribution in [3.8, 4) is 0 Å². The SMILES string of the molecule is Cc1ccc(C(=O)COC(=O)CSc2nnc(NC3CCCCC3)s2)c(C)c1. The highest BCUT2D eigenvalue weighted by Crippen LogP contribution is 2.28. The summed E-state index contributed by atoms with van der Waals surface area (Å²) in [6, 6.07) is 6.07. The second-order valence-electron chi connectivity index (χ2n) is 7.04. The third-order valence-corrected chi connectivity index (χ3v) is 6.66. The Bertz CT molecular complexity index is 832. The van der Waals surface area contributed by atoms with E-state index in [1.54, 1.807) is 6.07 Å². The molecule has 2 aromatic rings. The molecule has 0 amide bonds. The Balaban J connectivity index is 1.41. The van der Waals surface area contributed by atoms with Gasteiger partial charge in [0.05, 0.1) is 5.75 Å². The fourth-order valence-corrected chi connectivity index (χ4v) is 4.89. The summed E-state index contributed by atoms with van der Waals surface area (Å²) in [5, 5.41) is 12.5. The molecule has 6 nitrogen and oxygen atoms in total. The van der Waals surface area contributed by atoms with Crippen LogP contribution in [0.2, 0.25) is 0 Å². The lowest BCUT2D eigenvalue weighted by Gasteiger charge is -2.21. The maximum Gasteiger partial charge on any atom is 0.316 e. The second-order valence-corrected chi connectivity index (χ2v) is 9.24. The molecule has 1 heterocycles. The number of aromatic nitrogens is 2. The zero-order chi connectivity index (χ0) is 19.9. The van der Waals surface area contributed by atoms with Gasteiger partial charge in [0, 0.05) is 11.6 Å². The molecule has 0 saturated heterocycles. The summed E-state index contributed by atoms with van der Waals surface area (Å²) < 4.78 is 5.84. The van der Waals surface area contributed by atoms with Crippen molar-refractivity contribution in [3.05, 3.63) is 34.9 Å². The zero-order valence-corrected chi connectivity index (χ0v) is 17.8. The first-order valence-electron chi connectivity index (χ1n) is 9.50. The van der Waals surface area contributed by atoms with Crippen LogP contribution >= 0.6 is 23.1 Å². The van der Waals surface area contributed by atoms with Crippen LogP contribution in [-0.2, 0) is 9.53 Å². The molecule has 0 aliphatic heterocycles. The van der Waals surface area contributed by atoms with Gasteiger partial charge in [-0.1, -0.05) is 66.1 Å². The highest BCUT2D eigenvalue weighted by atomic mass is 32.2. The third-order valence-electron chi connectivity index (χ3n) is 4.70. The van der Waals surface area contributed by atoms with E-state index >= 15 is 0 Å². The number of ether oxygens (including phenoxy) is 1. The average Bonchev–Trinajstić information content (AvgIpc) is 3.12. The highest BCUT2D eigenvalue weighted by molar-refractivity contribution is 8.01. The van der Waals surface area contributed by atoms with Gasteiger partial charge in [0.25, 0.3) is 0 Å². The first-order chi connectivity index (χ1) is 13.5. The molecule has 1 aromatic carbocycles. The molecule has 1 saturated carbocycles. The molecule has 0 atom stereocenters. The summed E-state index contributed by atoms with van der Waals surface area (Å²) in [6.45, 7) is 3.61. The van der Waals surface area contributed by atoms with Gasteiger partial charge in [0.2, 0.25) is 10.9 Å². The van der Waals surface area contributed by atoms with Crippen LogP contribution in [0.5, 0.6) is 0 Å². The van der Waals surface area contributed by atoms with Crippen molar-refractivity contribution in [1.29, 1.82) is 0 Å². The Morgan fingerprint density at radius 3 is 2.75 bits per heavy atom. The number of rotatable bonds is 8. The number of esters is 1. The Labute approximate surface area is 173 Å². The lowest BCUT2D eigenvalue weighted by atomic mass is 9.96. The van der Waals surface area contributed by atoms with Crippen LogP contribution in [-0.4, -0.2) is 40.4 Å². The summed E-state index contributed by atoms with van der Waals surface area (Å²) in [7, 11) is 0. The van der Waals surface area contributed by atoms with Crippen molar-refractivity contribution in [2.45, 2.75) is 56.3 Å². The van der Waals surface area contributed by atoms with Gasteiger partial charge >= 0.3 is 5.97 Å². The van der Waals surface area contributed by atoms with Crippen LogP contribution in [0.1, 0.15) is 53.6 Å². The summed E-state index contributed by atoms with van der Waals surface area (Å²) in [5.41, 5.74) is 2.58. The maximum atomic E-state index is 12.2. The number of ketones is 1. The Hall–Kier alpha value is -1.93. The molecule has 1 aliphatic carbocycles. The van der Waals surface area contributed by atoms with Crippen LogP contribution < -0.4 is 5.32 Å². The zero-order valence-electron chi connectivity index (χ0n) is 16.2. The number of carbonyl (C=O) groups is 2. The van der Waals surface area contributed by atoms with Crippen molar-refractivity contribution in [2.24, 2.45) is 0 Å². The Morgan fingerprint density at radius 2 is 2.00 bits per heavy atom. The number of nitrogens with one attached hydrogen (secondary N) is 1. The van der Waals surface area contributed by atoms with Crippen molar-refractivity contribution < 1.29 is 14.3 Å². The smallest absolute Gasteiger partial charge is 0.316 e. The molecule has 1 N–H and O–H groups in total. The number of hydrogen-bond donors (Lipinski definition) is 1. The van der Waals surface area contributed by atoms with E-state index < -0.39 is 5.97 Å². The summed E-state index contributed by atoms with van der Waals surface area (Å²) >= 11 is 2.73. The molecule has 0 radical (unpaired) electrons. The van der Waals surface area contributed by atoms with Gasteiger partial charge in [-0.25, -0.2) is 0 Å². The first kappa shape index (κ1) is 20.8. The molecular weight excluding hydrogens is 394 g/mol. The minimum absolute atomic E-state index is 0.109. The van der Waals surface area contributed by atoms with E-state index in [2.05, 4.69) is 15.5 Å². The minimum Gasteiger partial charge on any atom is -0.457 e. The second kappa shape index (κ2) is 10.0. The summed E-state index contributed by atoms with van der Waals surface area (Å²) in [4.78, 5) is 24.2. The molecule has 1 fully saturated rings. The number of aryl methyl sites for hydroxylation is 2. The fourth-order valence-electron chi connectivity index (χ4n) is 3.26. The van der Waals surface area contributed by atoms with Gasteiger partial charge in [-0.05, 0) is 32.3 Å². The van der Waals surface area contributed by atoms with Gasteiger partial charge in [0.1, 0.15) is 0 Å². The fraction of sp³-hybridized carbons (Fsp3) is 0.500. The highest BCUT2D eigenvalue weighted by Gasteiger charge is 2.16. The minimum atomic E-state index is -0.430. The number of nitrogens with zero attached hydrogens (tertiary/aromatic N) is 2. The van der Waals surface area contributed by atoms with E-state index in [0.29, 0.717) is 11.6 Å². The number of Topliss-reactive ketones (excluding diaryl/α,β-unsaturated/α-hetero) is 1. The van der Waals surface area contributed by atoms with Crippen LogP contribution in [0, 0.1) is 13.8 Å². The number of thioether (sulfide) groups is 1. The van der Waals surface area contributed by atoms with E-state index in [1.807, 2.05) is 26.0 Å². The Kier molecular flexibility index (Phi) is 7.44. The summed E-state index contributed by atoms with van der Waals surface area (Å²) in [6.07, 6.45) is 6.16. The van der Waals surface area contributed by atoms with Gasteiger partial charge in [-0.2, -0.15) is 0 Å². The molecule has 0 bridgehead atoms. The number of anilines is 1. The Morgan fingerprint density at radius 1 is 1.21 bits per heavy atom. The molecule has 28 heavy (non-hydrogen) atoms. The molecule has 0 spiro atoms. The molecular formula is C20H25N3O3S2. The maximum absolute atomic E-state index is 12.2. The van der Waals surface area contributed by atoms with E-state index in [1.165, 1.54) is 55.2 Å². The average molecular weight is 420 g/mol. The van der Waals surface area contributed by atoms with E-state index in [4.69, 9.17) is 4.74 Å². The largest absolute Gasteiger partial charge is 0.457 e. The molecule has 0 unspecified atom stereocenters. The van der Waals surface area contributed by atoms with Crippen molar-refractivity contribution in [3.63, 3.8) is 0 Å². The molecule has 8 heteroatoms. The van der Waals surface area contributed by atoms with Crippen LogP contribution in [0.25, 0.3) is 0 Å². The van der Waals surface area contributed by atoms with Gasteiger partial charge in [-0.15, -0.1) is 10.2 Å². The topological polar surface area (TPSA) is 81.2 Å². The van der Waals surface area contributed by atoms with Gasteiger partial charge < -0.3 is 10.1 Å². The summed E-state index contributed by atoms with van der Waals surface area (Å²) in [5.74, 6) is -0.510. The predicted octanol–water partition coefficient (Wildman–Crippen LogP) is 4.42. The van der Waals surface area contributed by atoms with Crippen LogP contribution in [0.4, 0.5) is 5.13 Å². The third kappa shape index (κ3) is 6.04. The lowest BCUT2D eigenvalue weighted by Crippen LogP contribution is -2.21. The monoisotopic (exact) mass is 419 g/mol. The normalized spacial score (nSPS) is 14.6. The van der Waals surface area contributed by atoms with Crippen LogP contribution in [0.15, 0.2) is 22.5 Å². The molecule has 1 aliphatic rings. The van der Waals surface area contributed by atoms with Gasteiger partial charge in [-0.3, -0.25) is 9.59 Å². The standard InChI is InChI=1S/C20H25N3O3S2/c1-13-8-9-16(14(2)10-13)17(24)11-26-18(25)12-27-20-23-22-19(28-20)21-15-6-4-3-5-7-15/h8-10,15H,3-7,11-12H2,1-2H3,(H,21,22).